The minimum atomic E-state index is -0.532. The van der Waals surface area contributed by atoms with Crippen LogP contribution in [0.2, 0.25) is 0 Å². The molecule has 4 heterocycles. The van der Waals surface area contributed by atoms with Crippen LogP contribution in [0.1, 0.15) is 25.7 Å². The molecule has 4 aliphatic rings. The molecular formula is C24H25O6S+. The minimum Gasteiger partial charge on any atom is -0.481 e. The molecule has 0 N–H and O–H groups in total. The number of hydrogen-bond acceptors (Lipinski definition) is 6. The van der Waals surface area contributed by atoms with E-state index in [4.69, 9.17) is 18.9 Å². The smallest absolute Gasteiger partial charge is 0.344 e. The van der Waals surface area contributed by atoms with Gasteiger partial charge in [-0.05, 0) is 43.9 Å². The first-order chi connectivity index (χ1) is 15.2. The second-order valence-corrected chi connectivity index (χ2v) is 10.9. The summed E-state index contributed by atoms with van der Waals surface area (Å²) >= 11 is 0. The monoisotopic (exact) mass is 441 g/mol. The van der Waals surface area contributed by atoms with Gasteiger partial charge in [-0.1, -0.05) is 18.2 Å². The van der Waals surface area contributed by atoms with Crippen LogP contribution in [0.15, 0.2) is 41.3 Å². The fraction of sp³-hybridized carbons (Fsp3) is 0.500. The van der Waals surface area contributed by atoms with E-state index in [-0.39, 0.29) is 41.6 Å². The van der Waals surface area contributed by atoms with Crippen LogP contribution in [0.5, 0.6) is 5.75 Å². The summed E-state index contributed by atoms with van der Waals surface area (Å²) in [7, 11) is 0.285. The predicted molar refractivity (Wildman–Crippen MR) is 115 cm³/mol. The molecule has 2 bridgehead atoms. The summed E-state index contributed by atoms with van der Waals surface area (Å²) in [6.07, 6.45) is 2.95. The number of esters is 2. The Morgan fingerprint density at radius 1 is 1.03 bits per heavy atom. The number of carbonyl (C=O) groups is 2. The molecule has 4 aliphatic heterocycles. The quantitative estimate of drug-likeness (QED) is 0.525. The lowest BCUT2D eigenvalue weighted by Gasteiger charge is -2.22. The molecule has 6 rings (SSSR count). The highest BCUT2D eigenvalue weighted by atomic mass is 32.2. The molecule has 7 heteroatoms. The molecule has 4 saturated heterocycles. The largest absolute Gasteiger partial charge is 0.481 e. The van der Waals surface area contributed by atoms with Crippen molar-refractivity contribution < 1.29 is 28.5 Å². The lowest BCUT2D eigenvalue weighted by Crippen LogP contribution is -2.40. The van der Waals surface area contributed by atoms with Crippen molar-refractivity contribution in [3.05, 3.63) is 36.4 Å². The topological polar surface area (TPSA) is 71.1 Å². The van der Waals surface area contributed by atoms with Gasteiger partial charge in [0.15, 0.2) is 23.7 Å². The zero-order valence-corrected chi connectivity index (χ0v) is 18.0. The van der Waals surface area contributed by atoms with Gasteiger partial charge in [0.25, 0.3) is 0 Å². The first-order valence-corrected chi connectivity index (χ1v) is 12.6. The van der Waals surface area contributed by atoms with E-state index in [2.05, 4.69) is 24.3 Å². The van der Waals surface area contributed by atoms with Gasteiger partial charge in [0.2, 0.25) is 0 Å². The van der Waals surface area contributed by atoms with Crippen molar-refractivity contribution in [1.29, 1.82) is 0 Å². The summed E-state index contributed by atoms with van der Waals surface area (Å²) in [5.41, 5.74) is 0. The van der Waals surface area contributed by atoms with Gasteiger partial charge < -0.3 is 18.9 Å². The van der Waals surface area contributed by atoms with Crippen molar-refractivity contribution in [2.24, 2.45) is 5.92 Å². The highest BCUT2D eigenvalue weighted by Gasteiger charge is 2.65. The van der Waals surface area contributed by atoms with Gasteiger partial charge in [-0.3, -0.25) is 4.79 Å². The van der Waals surface area contributed by atoms with Crippen LogP contribution in [0.25, 0.3) is 10.8 Å². The number of benzene rings is 2. The van der Waals surface area contributed by atoms with E-state index in [0.29, 0.717) is 12.2 Å². The van der Waals surface area contributed by atoms with Gasteiger partial charge in [-0.15, -0.1) is 0 Å². The number of fused-ring (bicyclic) bond motifs is 2. The van der Waals surface area contributed by atoms with Gasteiger partial charge in [0.05, 0.1) is 12.0 Å². The van der Waals surface area contributed by atoms with Gasteiger partial charge >= 0.3 is 11.9 Å². The zero-order valence-electron chi connectivity index (χ0n) is 17.2. The molecule has 5 atom stereocenters. The first-order valence-electron chi connectivity index (χ1n) is 11.1. The Hall–Kier alpha value is -2.25. The standard InChI is InChI=1S/C24H25O6S/c25-20(29-22-18-12-16-21(28-18)23(22)30-24(16)26)13-27-17-8-9-19(31-10-4-1-5-11-31)15-7-3-2-6-14(15)17/h2-3,6-9,16,18,21-23H,1,4-5,10-13H2/q+1. The molecule has 0 spiro atoms. The third-order valence-electron chi connectivity index (χ3n) is 6.83. The second-order valence-electron chi connectivity index (χ2n) is 8.70. The molecule has 0 amide bonds. The van der Waals surface area contributed by atoms with Crippen LogP contribution in [0.3, 0.4) is 0 Å². The maximum Gasteiger partial charge on any atom is 0.344 e. The number of rotatable bonds is 5. The van der Waals surface area contributed by atoms with E-state index in [9.17, 15) is 9.59 Å². The molecule has 0 aliphatic carbocycles. The number of carbonyl (C=O) groups excluding carboxylic acids is 2. The maximum atomic E-state index is 12.5. The van der Waals surface area contributed by atoms with E-state index in [0.717, 1.165) is 5.39 Å². The highest BCUT2D eigenvalue weighted by molar-refractivity contribution is 7.97. The Balaban J connectivity index is 1.15. The number of ether oxygens (including phenoxy) is 4. The normalized spacial score (nSPS) is 31.7. The summed E-state index contributed by atoms with van der Waals surface area (Å²) in [5, 5.41) is 2.24. The van der Waals surface area contributed by atoms with Crippen molar-refractivity contribution in [1.82, 2.24) is 0 Å². The van der Waals surface area contributed by atoms with E-state index in [1.54, 1.807) is 0 Å². The van der Waals surface area contributed by atoms with Crippen molar-refractivity contribution >= 4 is 33.6 Å². The van der Waals surface area contributed by atoms with Gasteiger partial charge in [0, 0.05) is 21.7 Å². The summed E-state index contributed by atoms with van der Waals surface area (Å²) in [6, 6.07) is 12.4. The van der Waals surface area contributed by atoms with Gasteiger partial charge in [-0.25, -0.2) is 4.79 Å². The summed E-state index contributed by atoms with van der Waals surface area (Å²) < 4.78 is 22.6. The Kier molecular flexibility index (Phi) is 4.83. The highest BCUT2D eigenvalue weighted by Crippen LogP contribution is 2.47. The van der Waals surface area contributed by atoms with E-state index in [1.165, 1.54) is 41.0 Å². The SMILES string of the molecule is O=C(COc1ccc([S+]2CCCCC2)c2ccccc12)OC1C2CC3C(=O)OC1C3O2. The van der Waals surface area contributed by atoms with Gasteiger partial charge in [-0.2, -0.15) is 0 Å². The second kappa shape index (κ2) is 7.71. The fourth-order valence-electron chi connectivity index (χ4n) is 5.38. The molecular weight excluding hydrogens is 416 g/mol. The lowest BCUT2D eigenvalue weighted by atomic mass is 9.88. The third kappa shape index (κ3) is 3.29. The molecule has 0 aromatic heterocycles. The summed E-state index contributed by atoms with van der Waals surface area (Å²) in [4.78, 5) is 25.8. The Labute approximate surface area is 183 Å². The van der Waals surface area contributed by atoms with Crippen molar-refractivity contribution in [3.63, 3.8) is 0 Å². The van der Waals surface area contributed by atoms with Crippen molar-refractivity contribution in [3.8, 4) is 5.75 Å². The Morgan fingerprint density at radius 3 is 2.68 bits per heavy atom. The molecule has 162 valence electrons. The molecule has 0 saturated carbocycles. The third-order valence-corrected chi connectivity index (χ3v) is 9.37. The van der Waals surface area contributed by atoms with Crippen LogP contribution in [-0.2, 0) is 34.7 Å². The van der Waals surface area contributed by atoms with Crippen molar-refractivity contribution in [2.45, 2.75) is 55.0 Å². The molecule has 4 fully saturated rings. The molecule has 0 radical (unpaired) electrons. The zero-order chi connectivity index (χ0) is 20.9. The fourth-order valence-corrected chi connectivity index (χ4v) is 7.88. The molecule has 6 nitrogen and oxygen atoms in total. The van der Waals surface area contributed by atoms with E-state index < -0.39 is 18.2 Å². The van der Waals surface area contributed by atoms with Crippen LogP contribution in [0, 0.1) is 5.92 Å². The molecule has 2 aromatic rings. The van der Waals surface area contributed by atoms with E-state index in [1.807, 2.05) is 12.1 Å². The predicted octanol–water partition coefficient (Wildman–Crippen LogP) is 3.00. The average Bonchev–Trinajstić information content (AvgIpc) is 3.43. The van der Waals surface area contributed by atoms with Gasteiger partial charge in [0.1, 0.15) is 23.4 Å². The first kappa shape index (κ1) is 19.4. The van der Waals surface area contributed by atoms with E-state index >= 15 is 0 Å². The Morgan fingerprint density at radius 2 is 1.84 bits per heavy atom. The minimum absolute atomic E-state index is 0.187. The van der Waals surface area contributed by atoms with Crippen LogP contribution >= 0.6 is 0 Å². The van der Waals surface area contributed by atoms with Crippen LogP contribution < -0.4 is 4.74 Å². The Bertz CT molecular complexity index is 1030. The average molecular weight is 442 g/mol. The van der Waals surface area contributed by atoms with Crippen molar-refractivity contribution in [2.75, 3.05) is 18.1 Å². The number of hydrogen-bond donors (Lipinski definition) is 0. The molecule has 31 heavy (non-hydrogen) atoms. The van der Waals surface area contributed by atoms with Crippen LogP contribution in [-0.4, -0.2) is 54.5 Å². The summed E-state index contributed by atoms with van der Waals surface area (Å²) in [6.45, 7) is -0.187. The molecule has 2 aromatic carbocycles. The maximum absolute atomic E-state index is 12.5. The lowest BCUT2D eigenvalue weighted by molar-refractivity contribution is -0.162. The molecule has 5 unspecified atom stereocenters. The van der Waals surface area contributed by atoms with Crippen LogP contribution in [0.4, 0.5) is 0 Å². The summed E-state index contributed by atoms with van der Waals surface area (Å²) in [5.74, 6) is 2.30.